The molecule has 0 atom stereocenters. The van der Waals surface area contributed by atoms with Gasteiger partial charge in [-0.05, 0) is 17.6 Å². The molecular formula is C8H17NSi. The summed E-state index contributed by atoms with van der Waals surface area (Å²) in [6.07, 6.45) is 0. The maximum absolute atomic E-state index is 8.96. The normalized spacial score (nSPS) is 11.6. The molecule has 0 amide bonds. The molecule has 2 heteroatoms. The fraction of sp³-hybridized carbons (Fsp3) is 0.875. The summed E-state index contributed by atoms with van der Waals surface area (Å²) in [5, 5.41) is 8.96. The van der Waals surface area contributed by atoms with Crippen molar-refractivity contribution in [1.29, 1.82) is 5.26 Å². The lowest BCUT2D eigenvalue weighted by molar-refractivity contribution is 0.979. The Morgan fingerprint density at radius 3 is 1.70 bits per heavy atom. The maximum atomic E-state index is 8.96. The fourth-order valence-corrected chi connectivity index (χ4v) is 4.06. The molecule has 0 spiro atoms. The van der Waals surface area contributed by atoms with Gasteiger partial charge in [0, 0.05) is 5.69 Å². The second-order valence-electron chi connectivity index (χ2n) is 3.13. The SMILES string of the molecule is CC[Si](C#N)(CC)C(C)C. The Morgan fingerprint density at radius 1 is 1.30 bits per heavy atom. The van der Waals surface area contributed by atoms with Gasteiger partial charge in [0.15, 0.2) is 8.07 Å². The molecule has 0 aliphatic heterocycles. The van der Waals surface area contributed by atoms with Crippen LogP contribution in [0.3, 0.4) is 0 Å². The van der Waals surface area contributed by atoms with Crippen LogP contribution in [0.1, 0.15) is 27.7 Å². The number of hydrogen-bond donors (Lipinski definition) is 0. The Kier molecular flexibility index (Phi) is 3.66. The van der Waals surface area contributed by atoms with Crippen molar-refractivity contribution in [2.75, 3.05) is 0 Å². The van der Waals surface area contributed by atoms with Gasteiger partial charge in [-0.3, -0.25) is 0 Å². The Balaban J connectivity index is 4.35. The van der Waals surface area contributed by atoms with Gasteiger partial charge in [0.25, 0.3) is 0 Å². The average molecular weight is 155 g/mol. The molecule has 0 rings (SSSR count). The molecule has 0 heterocycles. The lowest BCUT2D eigenvalue weighted by atomic mass is 10.6. The van der Waals surface area contributed by atoms with E-state index in [4.69, 9.17) is 5.26 Å². The van der Waals surface area contributed by atoms with Crippen LogP contribution in [0.15, 0.2) is 0 Å². The number of hydrogen-bond acceptors (Lipinski definition) is 1. The van der Waals surface area contributed by atoms with Gasteiger partial charge in [-0.25, -0.2) is 5.26 Å². The maximum Gasteiger partial charge on any atom is 0.175 e. The van der Waals surface area contributed by atoms with Crippen LogP contribution in [0.2, 0.25) is 17.6 Å². The minimum absolute atomic E-state index is 0.618. The van der Waals surface area contributed by atoms with E-state index in [1.54, 1.807) is 0 Å². The summed E-state index contributed by atoms with van der Waals surface area (Å²) in [5.74, 6) is 0. The largest absolute Gasteiger partial charge is 0.207 e. The van der Waals surface area contributed by atoms with Crippen LogP contribution in [0.5, 0.6) is 0 Å². The highest BCUT2D eigenvalue weighted by Crippen LogP contribution is 2.27. The Morgan fingerprint density at radius 2 is 1.70 bits per heavy atom. The zero-order valence-electron chi connectivity index (χ0n) is 7.44. The molecule has 0 aromatic heterocycles. The van der Waals surface area contributed by atoms with Crippen molar-refractivity contribution >= 4 is 8.07 Å². The summed E-state index contributed by atoms with van der Waals surface area (Å²) < 4.78 is 0. The molecule has 0 unspecified atom stereocenters. The summed E-state index contributed by atoms with van der Waals surface area (Å²) in [6.45, 7) is 8.67. The molecule has 0 aliphatic rings. The first-order valence-corrected chi connectivity index (χ1v) is 6.53. The van der Waals surface area contributed by atoms with E-state index in [0.29, 0.717) is 5.54 Å². The Bertz CT molecular complexity index is 131. The van der Waals surface area contributed by atoms with Crippen LogP contribution in [-0.4, -0.2) is 8.07 Å². The third-order valence-electron chi connectivity index (χ3n) is 2.59. The molecule has 10 heavy (non-hydrogen) atoms. The van der Waals surface area contributed by atoms with Crippen molar-refractivity contribution in [3.63, 3.8) is 0 Å². The lowest BCUT2D eigenvalue weighted by Crippen LogP contribution is -2.34. The molecule has 0 saturated carbocycles. The van der Waals surface area contributed by atoms with Gasteiger partial charge < -0.3 is 0 Å². The first kappa shape index (κ1) is 9.71. The van der Waals surface area contributed by atoms with Gasteiger partial charge in [0.2, 0.25) is 0 Å². The second kappa shape index (κ2) is 3.77. The number of nitriles is 1. The van der Waals surface area contributed by atoms with E-state index in [9.17, 15) is 0 Å². The number of rotatable bonds is 3. The van der Waals surface area contributed by atoms with Crippen LogP contribution < -0.4 is 0 Å². The molecule has 0 radical (unpaired) electrons. The molecule has 58 valence electrons. The first-order chi connectivity index (χ1) is 4.63. The van der Waals surface area contributed by atoms with Crippen molar-refractivity contribution in [3.8, 4) is 5.69 Å². The smallest absolute Gasteiger partial charge is 0.175 e. The zero-order valence-corrected chi connectivity index (χ0v) is 8.44. The average Bonchev–Trinajstić information content (AvgIpc) is 1.92. The van der Waals surface area contributed by atoms with Gasteiger partial charge in [0.05, 0.1) is 0 Å². The molecule has 0 aromatic carbocycles. The quantitative estimate of drug-likeness (QED) is 0.575. The van der Waals surface area contributed by atoms with Gasteiger partial charge >= 0.3 is 0 Å². The summed E-state index contributed by atoms with van der Waals surface area (Å²) in [6, 6.07) is 2.22. The zero-order chi connectivity index (χ0) is 8.20. The van der Waals surface area contributed by atoms with Crippen LogP contribution in [-0.2, 0) is 0 Å². The summed E-state index contributed by atoms with van der Waals surface area (Å²) in [5.41, 5.74) is 3.17. The predicted octanol–water partition coefficient (Wildman–Crippen LogP) is 2.95. The van der Waals surface area contributed by atoms with Gasteiger partial charge in [-0.2, -0.15) is 0 Å². The van der Waals surface area contributed by atoms with Crippen molar-refractivity contribution in [2.45, 2.75) is 45.3 Å². The van der Waals surface area contributed by atoms with Crippen molar-refractivity contribution < 1.29 is 0 Å². The molecule has 0 aromatic rings. The second-order valence-corrected chi connectivity index (χ2v) is 8.23. The standard InChI is InChI=1S/C8H17NSi/c1-5-10(6-2,7-9)8(3)4/h8H,5-6H2,1-4H3. The topological polar surface area (TPSA) is 23.8 Å². The van der Waals surface area contributed by atoms with Crippen LogP contribution in [0.25, 0.3) is 0 Å². The van der Waals surface area contributed by atoms with E-state index >= 15 is 0 Å². The van der Waals surface area contributed by atoms with E-state index in [-0.39, 0.29) is 0 Å². The van der Waals surface area contributed by atoms with E-state index in [1.807, 2.05) is 0 Å². The van der Waals surface area contributed by atoms with Crippen molar-refractivity contribution in [2.24, 2.45) is 0 Å². The van der Waals surface area contributed by atoms with E-state index in [2.05, 4.69) is 33.4 Å². The highest BCUT2D eigenvalue weighted by atomic mass is 28.3. The van der Waals surface area contributed by atoms with E-state index in [0.717, 1.165) is 12.1 Å². The molecular weight excluding hydrogens is 138 g/mol. The monoisotopic (exact) mass is 155 g/mol. The van der Waals surface area contributed by atoms with E-state index in [1.165, 1.54) is 0 Å². The van der Waals surface area contributed by atoms with Gasteiger partial charge in [-0.1, -0.05) is 27.7 Å². The van der Waals surface area contributed by atoms with Crippen molar-refractivity contribution in [3.05, 3.63) is 0 Å². The molecule has 0 saturated heterocycles. The summed E-state index contributed by atoms with van der Waals surface area (Å²) in [7, 11) is -1.49. The molecule has 1 nitrogen and oxygen atoms in total. The fourth-order valence-electron chi connectivity index (χ4n) is 1.35. The third-order valence-corrected chi connectivity index (χ3v) is 7.77. The molecule has 0 bridgehead atoms. The minimum atomic E-state index is -1.49. The Labute approximate surface area is 65.1 Å². The Hall–Kier alpha value is -0.293. The van der Waals surface area contributed by atoms with E-state index < -0.39 is 8.07 Å². The molecule has 0 fully saturated rings. The van der Waals surface area contributed by atoms with Crippen LogP contribution >= 0.6 is 0 Å². The minimum Gasteiger partial charge on any atom is -0.207 e. The molecule has 0 aliphatic carbocycles. The van der Waals surface area contributed by atoms with Crippen LogP contribution in [0, 0.1) is 11.0 Å². The first-order valence-electron chi connectivity index (χ1n) is 4.04. The van der Waals surface area contributed by atoms with Crippen LogP contribution in [0.4, 0.5) is 0 Å². The highest BCUT2D eigenvalue weighted by molar-refractivity contribution is 6.87. The van der Waals surface area contributed by atoms with Crippen molar-refractivity contribution in [1.82, 2.24) is 0 Å². The third kappa shape index (κ3) is 1.60. The predicted molar refractivity (Wildman–Crippen MR) is 47.4 cm³/mol. The lowest BCUT2D eigenvalue weighted by Gasteiger charge is -2.24. The summed E-state index contributed by atoms with van der Waals surface area (Å²) in [4.78, 5) is 0. The molecule has 0 N–H and O–H groups in total. The highest BCUT2D eigenvalue weighted by Gasteiger charge is 2.33. The number of nitrogens with zero attached hydrogens (tertiary/aromatic N) is 1. The van der Waals surface area contributed by atoms with Gasteiger partial charge in [-0.15, -0.1) is 0 Å². The summed E-state index contributed by atoms with van der Waals surface area (Å²) >= 11 is 0. The van der Waals surface area contributed by atoms with Gasteiger partial charge in [0.1, 0.15) is 0 Å².